The van der Waals surface area contributed by atoms with Gasteiger partial charge in [0.25, 0.3) is 0 Å². The minimum atomic E-state index is -1.02. The quantitative estimate of drug-likeness (QED) is 0.651. The lowest BCUT2D eigenvalue weighted by Crippen LogP contribution is -2.46. The molecule has 1 N–H and O–H groups in total. The molecule has 1 aliphatic carbocycles. The van der Waals surface area contributed by atoms with E-state index < -0.39 is 35.5 Å². The summed E-state index contributed by atoms with van der Waals surface area (Å²) in [5, 5.41) is 2.74. The highest BCUT2D eigenvalue weighted by molar-refractivity contribution is 5.90. The fourth-order valence-corrected chi connectivity index (χ4v) is 4.02. The van der Waals surface area contributed by atoms with E-state index >= 15 is 0 Å². The van der Waals surface area contributed by atoms with Crippen LogP contribution in [0.25, 0.3) is 11.1 Å². The van der Waals surface area contributed by atoms with Gasteiger partial charge in [-0.3, -0.25) is 4.79 Å². The second-order valence-corrected chi connectivity index (χ2v) is 7.15. The first-order chi connectivity index (χ1) is 14.5. The molecular weight excluding hydrogens is 388 g/mol. The number of methoxy groups -OCH3 is 1. The van der Waals surface area contributed by atoms with Crippen molar-refractivity contribution in [1.82, 2.24) is 5.32 Å². The van der Waals surface area contributed by atoms with Crippen LogP contribution in [-0.2, 0) is 20.7 Å². The summed E-state index contributed by atoms with van der Waals surface area (Å²) in [6.45, 7) is 0. The Labute approximate surface area is 172 Å². The predicted octanol–water partition coefficient (Wildman–Crippen LogP) is 3.98. The number of rotatable bonds is 5. The van der Waals surface area contributed by atoms with Crippen molar-refractivity contribution in [3.8, 4) is 11.1 Å². The third-order valence-electron chi connectivity index (χ3n) is 5.34. The molecule has 0 heterocycles. The summed E-state index contributed by atoms with van der Waals surface area (Å²) in [6, 6.07) is 17.8. The van der Waals surface area contributed by atoms with Gasteiger partial charge < -0.3 is 10.1 Å². The molecule has 0 saturated heterocycles. The summed E-state index contributed by atoms with van der Waals surface area (Å²) in [5.74, 6) is -3.49. The highest BCUT2D eigenvalue weighted by Gasteiger charge is 2.39. The van der Waals surface area contributed by atoms with Crippen LogP contribution in [0.2, 0.25) is 0 Å². The van der Waals surface area contributed by atoms with E-state index in [1.807, 2.05) is 48.5 Å². The normalized spacial score (nSPS) is 13.3. The van der Waals surface area contributed by atoms with Crippen molar-refractivity contribution >= 4 is 11.9 Å². The third-order valence-corrected chi connectivity index (χ3v) is 5.34. The van der Waals surface area contributed by atoms with Crippen molar-refractivity contribution in [3.05, 3.63) is 95.1 Å². The van der Waals surface area contributed by atoms with Gasteiger partial charge in [0.15, 0.2) is 11.6 Å². The molecule has 4 rings (SSSR count). The van der Waals surface area contributed by atoms with Gasteiger partial charge in [-0.05, 0) is 39.9 Å². The molecule has 30 heavy (non-hydrogen) atoms. The Bertz CT molecular complexity index is 1080. The molecule has 0 aromatic heterocycles. The fourth-order valence-electron chi connectivity index (χ4n) is 4.02. The highest BCUT2D eigenvalue weighted by Crippen LogP contribution is 2.46. The Kier molecular flexibility index (Phi) is 5.31. The monoisotopic (exact) mass is 407 g/mol. The number of halogens is 2. The molecule has 4 nitrogen and oxygen atoms in total. The summed E-state index contributed by atoms with van der Waals surface area (Å²) in [4.78, 5) is 25.3. The Morgan fingerprint density at radius 3 is 2.10 bits per heavy atom. The Hall–Kier alpha value is -3.54. The maximum Gasteiger partial charge on any atom is 0.329 e. The summed E-state index contributed by atoms with van der Waals surface area (Å²) in [7, 11) is 1.27. The SMILES string of the molecule is COC(=O)[C@H](NC(=O)Cc1ccc(F)c(F)c1)C1c2ccccc2-c2ccccc21. The van der Waals surface area contributed by atoms with E-state index in [-0.39, 0.29) is 6.42 Å². The maximum absolute atomic E-state index is 13.5. The van der Waals surface area contributed by atoms with Crippen molar-refractivity contribution in [3.63, 3.8) is 0 Å². The van der Waals surface area contributed by atoms with Crippen LogP contribution in [-0.4, -0.2) is 25.0 Å². The van der Waals surface area contributed by atoms with Crippen molar-refractivity contribution in [2.75, 3.05) is 7.11 Å². The van der Waals surface area contributed by atoms with E-state index in [1.165, 1.54) is 13.2 Å². The van der Waals surface area contributed by atoms with Gasteiger partial charge in [-0.25, -0.2) is 13.6 Å². The number of benzene rings is 3. The van der Waals surface area contributed by atoms with Gasteiger partial charge in [0.05, 0.1) is 13.5 Å². The first kappa shape index (κ1) is 19.8. The van der Waals surface area contributed by atoms with Crippen molar-refractivity contribution < 1.29 is 23.1 Å². The molecule has 1 atom stereocenters. The van der Waals surface area contributed by atoms with Gasteiger partial charge in [0.2, 0.25) is 5.91 Å². The van der Waals surface area contributed by atoms with Crippen LogP contribution >= 0.6 is 0 Å². The van der Waals surface area contributed by atoms with E-state index in [0.717, 1.165) is 34.4 Å². The molecule has 0 bridgehead atoms. The van der Waals surface area contributed by atoms with Crippen LogP contribution in [0.5, 0.6) is 0 Å². The van der Waals surface area contributed by atoms with Crippen molar-refractivity contribution in [1.29, 1.82) is 0 Å². The van der Waals surface area contributed by atoms with Crippen LogP contribution in [0, 0.1) is 11.6 Å². The summed E-state index contributed by atoms with van der Waals surface area (Å²) >= 11 is 0. The molecule has 152 valence electrons. The lowest BCUT2D eigenvalue weighted by molar-refractivity contribution is -0.145. The molecule has 0 fully saturated rings. The minimum Gasteiger partial charge on any atom is -0.467 e. The molecule has 0 unspecified atom stereocenters. The van der Waals surface area contributed by atoms with E-state index in [4.69, 9.17) is 4.74 Å². The zero-order valence-electron chi connectivity index (χ0n) is 16.2. The van der Waals surface area contributed by atoms with Crippen LogP contribution in [0.3, 0.4) is 0 Å². The average molecular weight is 407 g/mol. The number of carbonyl (C=O) groups excluding carboxylic acids is 2. The molecule has 3 aromatic rings. The summed E-state index contributed by atoms with van der Waals surface area (Å²) in [6.07, 6.45) is -0.194. The van der Waals surface area contributed by atoms with Crippen LogP contribution in [0.15, 0.2) is 66.7 Å². The van der Waals surface area contributed by atoms with E-state index in [2.05, 4.69) is 5.32 Å². The number of carbonyl (C=O) groups is 2. The highest BCUT2D eigenvalue weighted by atomic mass is 19.2. The molecular formula is C24H19F2NO3. The third kappa shape index (κ3) is 3.56. The molecule has 0 aliphatic heterocycles. The first-order valence-corrected chi connectivity index (χ1v) is 9.49. The fraction of sp³-hybridized carbons (Fsp3) is 0.167. The molecule has 3 aromatic carbocycles. The average Bonchev–Trinajstić information content (AvgIpc) is 3.08. The second kappa shape index (κ2) is 8.06. The van der Waals surface area contributed by atoms with Crippen molar-refractivity contribution in [2.45, 2.75) is 18.4 Å². The standard InChI is InChI=1S/C24H19F2NO3/c1-30-24(29)23(27-21(28)13-14-10-11-19(25)20(26)12-14)22-17-8-4-2-6-15(17)16-7-3-5-9-18(16)22/h2-12,22-23H,13H2,1H3,(H,27,28)/t23-/m1/s1. The van der Waals surface area contributed by atoms with Crippen molar-refractivity contribution in [2.24, 2.45) is 0 Å². The topological polar surface area (TPSA) is 55.4 Å². The van der Waals surface area contributed by atoms with Crippen LogP contribution in [0.4, 0.5) is 8.78 Å². The lowest BCUT2D eigenvalue weighted by atomic mass is 9.89. The molecule has 1 aliphatic rings. The van der Waals surface area contributed by atoms with Gasteiger partial charge in [-0.2, -0.15) is 0 Å². The molecule has 0 radical (unpaired) electrons. The zero-order chi connectivity index (χ0) is 21.3. The number of hydrogen-bond donors (Lipinski definition) is 1. The summed E-state index contributed by atoms with van der Waals surface area (Å²) < 4.78 is 31.6. The second-order valence-electron chi connectivity index (χ2n) is 7.15. The van der Waals surface area contributed by atoms with E-state index in [0.29, 0.717) is 5.56 Å². The molecule has 1 amide bonds. The number of esters is 1. The Balaban J connectivity index is 1.66. The van der Waals surface area contributed by atoms with Gasteiger partial charge in [-0.15, -0.1) is 0 Å². The molecule has 0 spiro atoms. The molecule has 6 heteroatoms. The molecule has 0 saturated carbocycles. The Morgan fingerprint density at radius 1 is 0.933 bits per heavy atom. The van der Waals surface area contributed by atoms with Gasteiger partial charge in [0, 0.05) is 5.92 Å². The predicted molar refractivity (Wildman–Crippen MR) is 108 cm³/mol. The van der Waals surface area contributed by atoms with Gasteiger partial charge in [-0.1, -0.05) is 54.6 Å². The van der Waals surface area contributed by atoms with Crippen LogP contribution < -0.4 is 5.32 Å². The van der Waals surface area contributed by atoms with E-state index in [1.54, 1.807) is 0 Å². The number of hydrogen-bond acceptors (Lipinski definition) is 3. The zero-order valence-corrected chi connectivity index (χ0v) is 16.2. The van der Waals surface area contributed by atoms with Crippen LogP contribution in [0.1, 0.15) is 22.6 Å². The number of fused-ring (bicyclic) bond motifs is 3. The van der Waals surface area contributed by atoms with Gasteiger partial charge >= 0.3 is 5.97 Å². The van der Waals surface area contributed by atoms with Gasteiger partial charge in [0.1, 0.15) is 6.04 Å². The summed E-state index contributed by atoms with van der Waals surface area (Å²) in [5.41, 5.74) is 4.15. The van der Waals surface area contributed by atoms with E-state index in [9.17, 15) is 18.4 Å². The number of amides is 1. The number of nitrogens with one attached hydrogen (secondary N) is 1. The number of ether oxygens (including phenoxy) is 1. The maximum atomic E-state index is 13.5. The smallest absolute Gasteiger partial charge is 0.329 e. The Morgan fingerprint density at radius 2 is 1.53 bits per heavy atom. The minimum absolute atomic E-state index is 0.194. The lowest BCUT2D eigenvalue weighted by Gasteiger charge is -2.24. The first-order valence-electron chi connectivity index (χ1n) is 9.49. The largest absolute Gasteiger partial charge is 0.467 e.